The van der Waals surface area contributed by atoms with Crippen LogP contribution in [-0.2, 0) is 20.9 Å². The molecule has 1 aromatic rings. The van der Waals surface area contributed by atoms with Crippen molar-refractivity contribution in [2.45, 2.75) is 31.7 Å². The number of amides is 1. The summed E-state index contributed by atoms with van der Waals surface area (Å²) >= 11 is 0. The zero-order chi connectivity index (χ0) is 14.5. The first kappa shape index (κ1) is 14.3. The van der Waals surface area contributed by atoms with Crippen LogP contribution in [0.3, 0.4) is 0 Å². The van der Waals surface area contributed by atoms with Gasteiger partial charge < -0.3 is 14.6 Å². The number of carbonyl (C=O) groups excluding carboxylic acids is 2. The molecule has 1 heterocycles. The number of hydrogen-bond donors (Lipinski definition) is 1. The van der Waals surface area contributed by atoms with Gasteiger partial charge in [0.25, 0.3) is 0 Å². The lowest BCUT2D eigenvalue weighted by molar-refractivity contribution is -0.147. The van der Waals surface area contributed by atoms with Crippen LogP contribution in [0.1, 0.15) is 18.4 Å². The number of aliphatic hydroxyl groups excluding tert-OH is 1. The van der Waals surface area contributed by atoms with Crippen molar-refractivity contribution in [3.63, 3.8) is 0 Å². The van der Waals surface area contributed by atoms with E-state index in [-0.39, 0.29) is 6.61 Å². The number of ether oxygens (including phenoxy) is 2. The molecule has 1 N–H and O–H groups in total. The Morgan fingerprint density at radius 1 is 1.30 bits per heavy atom. The summed E-state index contributed by atoms with van der Waals surface area (Å²) in [5.41, 5.74) is 0.837. The van der Waals surface area contributed by atoms with Crippen LogP contribution in [0.5, 0.6) is 0 Å². The van der Waals surface area contributed by atoms with E-state index in [4.69, 9.17) is 4.74 Å². The van der Waals surface area contributed by atoms with Gasteiger partial charge in [-0.05, 0) is 18.4 Å². The van der Waals surface area contributed by atoms with Gasteiger partial charge >= 0.3 is 12.1 Å². The van der Waals surface area contributed by atoms with Gasteiger partial charge in [0.05, 0.1) is 7.11 Å². The van der Waals surface area contributed by atoms with Crippen LogP contribution in [0.25, 0.3) is 0 Å². The number of aliphatic hydroxyl groups is 1. The minimum atomic E-state index is -1.01. The summed E-state index contributed by atoms with van der Waals surface area (Å²) in [5, 5.41) is 9.79. The number of hydrogen-bond acceptors (Lipinski definition) is 5. The molecule has 0 saturated carbocycles. The van der Waals surface area contributed by atoms with Gasteiger partial charge in [-0.25, -0.2) is 9.59 Å². The third-order valence-electron chi connectivity index (χ3n) is 3.24. The maximum Gasteiger partial charge on any atom is 0.412 e. The lowest BCUT2D eigenvalue weighted by Gasteiger charge is -2.24. The summed E-state index contributed by atoms with van der Waals surface area (Å²) in [6.07, 6.45) is -1.02. The standard InChI is InChI=1S/C14H17NO5/c1-19-13(17)11-7-8-12(16)15(11)14(18)20-9-10-5-3-2-4-6-10/h2-6,11-12,16H,7-9H2,1H3/t11-,12?/m0/s1. The predicted molar refractivity (Wildman–Crippen MR) is 69.5 cm³/mol. The summed E-state index contributed by atoms with van der Waals surface area (Å²) in [7, 11) is 1.25. The Labute approximate surface area is 116 Å². The second-order valence-corrected chi connectivity index (χ2v) is 4.54. The summed E-state index contributed by atoms with van der Waals surface area (Å²) in [5.74, 6) is -0.543. The molecule has 20 heavy (non-hydrogen) atoms. The molecule has 1 saturated heterocycles. The van der Waals surface area contributed by atoms with E-state index < -0.39 is 24.3 Å². The molecule has 2 rings (SSSR count). The molecule has 1 amide bonds. The Morgan fingerprint density at radius 2 is 2.00 bits per heavy atom. The Morgan fingerprint density at radius 3 is 2.65 bits per heavy atom. The number of esters is 1. The van der Waals surface area contributed by atoms with Crippen LogP contribution < -0.4 is 0 Å². The molecule has 0 bridgehead atoms. The van der Waals surface area contributed by atoms with Crippen LogP contribution in [0, 0.1) is 0 Å². The highest BCUT2D eigenvalue weighted by Crippen LogP contribution is 2.24. The SMILES string of the molecule is COC(=O)[C@@H]1CCC(O)N1C(=O)OCc1ccccc1. The minimum absolute atomic E-state index is 0.0940. The third kappa shape index (κ3) is 3.08. The second-order valence-electron chi connectivity index (χ2n) is 4.54. The van der Waals surface area contributed by atoms with Gasteiger partial charge in [0.15, 0.2) is 0 Å². The molecular weight excluding hydrogens is 262 g/mol. The first-order valence-corrected chi connectivity index (χ1v) is 6.38. The molecule has 1 aromatic carbocycles. The van der Waals surface area contributed by atoms with Gasteiger partial charge in [0.2, 0.25) is 0 Å². The lowest BCUT2D eigenvalue weighted by Crippen LogP contribution is -2.45. The highest BCUT2D eigenvalue weighted by molar-refractivity contribution is 5.82. The van der Waals surface area contributed by atoms with Crippen molar-refractivity contribution in [1.82, 2.24) is 4.90 Å². The summed E-state index contributed by atoms with van der Waals surface area (Å²) in [6, 6.07) is 8.41. The van der Waals surface area contributed by atoms with E-state index in [1.807, 2.05) is 30.3 Å². The number of rotatable bonds is 3. The fourth-order valence-corrected chi connectivity index (χ4v) is 2.20. The zero-order valence-electron chi connectivity index (χ0n) is 11.2. The Balaban J connectivity index is 1.98. The average Bonchev–Trinajstić information content (AvgIpc) is 2.87. The van der Waals surface area contributed by atoms with Crippen molar-refractivity contribution in [3.8, 4) is 0 Å². The molecule has 1 aliphatic rings. The molecule has 1 unspecified atom stereocenters. The molecule has 6 heteroatoms. The minimum Gasteiger partial charge on any atom is -0.467 e. The average molecular weight is 279 g/mol. The second kappa shape index (κ2) is 6.38. The van der Waals surface area contributed by atoms with Crippen molar-refractivity contribution in [2.24, 2.45) is 0 Å². The van der Waals surface area contributed by atoms with Crippen LogP contribution in [0.15, 0.2) is 30.3 Å². The van der Waals surface area contributed by atoms with Gasteiger partial charge in [-0.3, -0.25) is 4.90 Å². The fraction of sp³-hybridized carbons (Fsp3) is 0.429. The Bertz CT molecular complexity index is 476. The smallest absolute Gasteiger partial charge is 0.412 e. The van der Waals surface area contributed by atoms with Crippen molar-refractivity contribution in [2.75, 3.05) is 7.11 Å². The first-order valence-electron chi connectivity index (χ1n) is 6.38. The van der Waals surface area contributed by atoms with Gasteiger partial charge in [-0.1, -0.05) is 30.3 Å². The maximum absolute atomic E-state index is 12.0. The van der Waals surface area contributed by atoms with Gasteiger partial charge in [0.1, 0.15) is 18.9 Å². The Kier molecular flexibility index (Phi) is 4.57. The van der Waals surface area contributed by atoms with Crippen molar-refractivity contribution < 1.29 is 24.2 Å². The van der Waals surface area contributed by atoms with E-state index in [0.717, 1.165) is 10.5 Å². The van der Waals surface area contributed by atoms with Crippen molar-refractivity contribution in [1.29, 1.82) is 0 Å². The van der Waals surface area contributed by atoms with Crippen LogP contribution in [0.4, 0.5) is 4.79 Å². The van der Waals surface area contributed by atoms with E-state index in [9.17, 15) is 14.7 Å². The molecule has 6 nitrogen and oxygen atoms in total. The van der Waals surface area contributed by atoms with Gasteiger partial charge in [0, 0.05) is 0 Å². The number of likely N-dealkylation sites (tertiary alicyclic amines) is 1. The number of methoxy groups -OCH3 is 1. The number of nitrogens with zero attached hydrogens (tertiary/aromatic N) is 1. The van der Waals surface area contributed by atoms with Crippen molar-refractivity contribution >= 4 is 12.1 Å². The maximum atomic E-state index is 12.0. The molecule has 1 fully saturated rings. The molecule has 0 radical (unpaired) electrons. The van der Waals surface area contributed by atoms with Crippen LogP contribution in [0.2, 0.25) is 0 Å². The molecule has 0 aromatic heterocycles. The summed E-state index contributed by atoms with van der Waals surface area (Å²) in [6.45, 7) is 0.0940. The summed E-state index contributed by atoms with van der Waals surface area (Å²) < 4.78 is 9.75. The van der Waals surface area contributed by atoms with E-state index in [1.165, 1.54) is 7.11 Å². The van der Waals surface area contributed by atoms with Gasteiger partial charge in [-0.2, -0.15) is 0 Å². The zero-order valence-corrected chi connectivity index (χ0v) is 11.2. The van der Waals surface area contributed by atoms with E-state index >= 15 is 0 Å². The third-order valence-corrected chi connectivity index (χ3v) is 3.24. The summed E-state index contributed by atoms with van der Waals surface area (Å²) in [4.78, 5) is 24.6. The van der Waals surface area contributed by atoms with E-state index in [1.54, 1.807) is 0 Å². The quantitative estimate of drug-likeness (QED) is 0.843. The molecule has 2 atom stereocenters. The number of carbonyl (C=O) groups is 2. The predicted octanol–water partition coefficient (Wildman–Crippen LogP) is 1.28. The molecule has 1 aliphatic heterocycles. The Hall–Kier alpha value is -2.08. The van der Waals surface area contributed by atoms with Gasteiger partial charge in [-0.15, -0.1) is 0 Å². The molecular formula is C14H17NO5. The topological polar surface area (TPSA) is 76.1 Å². The first-order chi connectivity index (χ1) is 9.63. The van der Waals surface area contributed by atoms with Crippen LogP contribution >= 0.6 is 0 Å². The van der Waals surface area contributed by atoms with E-state index in [0.29, 0.717) is 12.8 Å². The lowest BCUT2D eigenvalue weighted by atomic mass is 10.2. The normalized spacial score (nSPS) is 21.6. The monoisotopic (exact) mass is 279 g/mol. The highest BCUT2D eigenvalue weighted by Gasteiger charge is 2.41. The molecule has 108 valence electrons. The molecule has 0 aliphatic carbocycles. The van der Waals surface area contributed by atoms with Crippen LogP contribution in [-0.4, -0.2) is 41.4 Å². The highest BCUT2D eigenvalue weighted by atomic mass is 16.6. The number of benzene rings is 1. The van der Waals surface area contributed by atoms with E-state index in [2.05, 4.69) is 4.74 Å². The van der Waals surface area contributed by atoms with Crippen molar-refractivity contribution in [3.05, 3.63) is 35.9 Å². The fourth-order valence-electron chi connectivity index (χ4n) is 2.20. The molecule has 0 spiro atoms. The largest absolute Gasteiger partial charge is 0.467 e.